The van der Waals surface area contributed by atoms with Crippen molar-refractivity contribution in [2.75, 3.05) is 20.0 Å². The van der Waals surface area contributed by atoms with Crippen LogP contribution in [0.5, 0.6) is 5.75 Å². The standard InChI is InChI=1S/C16H17NO3/c1-19-15(18)10-11-6-3-4-7-12(11)13-8-5-9-14(17)16(13)20-2/h3-9H,10,17H2,1-2H3. The van der Waals surface area contributed by atoms with Crippen LogP contribution in [0.25, 0.3) is 11.1 Å². The third kappa shape index (κ3) is 2.74. The molecular weight excluding hydrogens is 254 g/mol. The number of nitrogens with two attached hydrogens (primary N) is 1. The van der Waals surface area contributed by atoms with Gasteiger partial charge in [0, 0.05) is 5.56 Å². The average molecular weight is 271 g/mol. The lowest BCUT2D eigenvalue weighted by Gasteiger charge is -2.14. The zero-order valence-electron chi connectivity index (χ0n) is 11.6. The molecule has 104 valence electrons. The Morgan fingerprint density at radius 3 is 2.45 bits per heavy atom. The normalized spacial score (nSPS) is 10.1. The molecule has 0 unspecified atom stereocenters. The Balaban J connectivity index is 2.53. The van der Waals surface area contributed by atoms with Gasteiger partial charge < -0.3 is 15.2 Å². The fraction of sp³-hybridized carbons (Fsp3) is 0.188. The van der Waals surface area contributed by atoms with Gasteiger partial charge in [-0.3, -0.25) is 4.79 Å². The molecule has 0 aliphatic carbocycles. The number of nitrogen functional groups attached to an aromatic ring is 1. The maximum Gasteiger partial charge on any atom is 0.309 e. The lowest BCUT2D eigenvalue weighted by atomic mass is 9.96. The predicted molar refractivity (Wildman–Crippen MR) is 78.6 cm³/mol. The molecule has 0 aliphatic rings. The van der Waals surface area contributed by atoms with Gasteiger partial charge in [-0.25, -0.2) is 0 Å². The van der Waals surface area contributed by atoms with Gasteiger partial charge in [-0.1, -0.05) is 36.4 Å². The number of para-hydroxylation sites is 1. The number of carbonyl (C=O) groups is 1. The second kappa shape index (κ2) is 6.10. The summed E-state index contributed by atoms with van der Waals surface area (Å²) < 4.78 is 10.1. The molecule has 0 atom stereocenters. The Hall–Kier alpha value is -2.49. The Morgan fingerprint density at radius 1 is 1.05 bits per heavy atom. The number of hydrogen-bond acceptors (Lipinski definition) is 4. The van der Waals surface area contributed by atoms with E-state index >= 15 is 0 Å². The van der Waals surface area contributed by atoms with Gasteiger partial charge in [-0.05, 0) is 17.2 Å². The van der Waals surface area contributed by atoms with E-state index < -0.39 is 0 Å². The summed E-state index contributed by atoms with van der Waals surface area (Å²) in [6.07, 6.45) is 0.213. The average Bonchev–Trinajstić information content (AvgIpc) is 2.47. The quantitative estimate of drug-likeness (QED) is 0.686. The van der Waals surface area contributed by atoms with Gasteiger partial charge in [0.25, 0.3) is 0 Å². The van der Waals surface area contributed by atoms with E-state index in [-0.39, 0.29) is 12.4 Å². The van der Waals surface area contributed by atoms with Gasteiger partial charge in [0.1, 0.15) is 5.75 Å². The van der Waals surface area contributed by atoms with Crippen molar-refractivity contribution < 1.29 is 14.3 Å². The molecule has 4 nitrogen and oxygen atoms in total. The highest BCUT2D eigenvalue weighted by molar-refractivity contribution is 5.82. The third-order valence-electron chi connectivity index (χ3n) is 3.12. The first-order chi connectivity index (χ1) is 9.67. The molecule has 2 N–H and O–H groups in total. The molecule has 0 radical (unpaired) electrons. The molecule has 2 aromatic carbocycles. The van der Waals surface area contributed by atoms with Crippen molar-refractivity contribution >= 4 is 11.7 Å². The Labute approximate surface area is 118 Å². The monoisotopic (exact) mass is 271 g/mol. The van der Waals surface area contributed by atoms with Crippen LogP contribution in [0.4, 0.5) is 5.69 Å². The second-order valence-electron chi connectivity index (χ2n) is 4.34. The Bertz CT molecular complexity index is 623. The number of carbonyl (C=O) groups excluding carboxylic acids is 1. The first kappa shape index (κ1) is 13.9. The highest BCUT2D eigenvalue weighted by Crippen LogP contribution is 2.36. The predicted octanol–water partition coefficient (Wildman–Crippen LogP) is 2.66. The number of rotatable bonds is 4. The maximum absolute atomic E-state index is 11.5. The SMILES string of the molecule is COC(=O)Cc1ccccc1-c1cccc(N)c1OC. The minimum atomic E-state index is -0.277. The zero-order chi connectivity index (χ0) is 14.5. The van der Waals surface area contributed by atoms with E-state index in [2.05, 4.69) is 0 Å². The van der Waals surface area contributed by atoms with Crippen LogP contribution >= 0.6 is 0 Å². The van der Waals surface area contributed by atoms with Gasteiger partial charge in [0.15, 0.2) is 0 Å². The molecule has 0 saturated heterocycles. The summed E-state index contributed by atoms with van der Waals surface area (Å²) in [6.45, 7) is 0. The summed E-state index contributed by atoms with van der Waals surface area (Å²) in [6, 6.07) is 13.2. The number of benzene rings is 2. The molecule has 20 heavy (non-hydrogen) atoms. The van der Waals surface area contributed by atoms with Gasteiger partial charge in [-0.2, -0.15) is 0 Å². The largest absolute Gasteiger partial charge is 0.494 e. The molecule has 0 spiro atoms. The van der Waals surface area contributed by atoms with E-state index in [0.29, 0.717) is 11.4 Å². The summed E-state index contributed by atoms with van der Waals surface area (Å²) in [4.78, 5) is 11.5. The maximum atomic E-state index is 11.5. The van der Waals surface area contributed by atoms with Crippen molar-refractivity contribution in [2.24, 2.45) is 0 Å². The van der Waals surface area contributed by atoms with Crippen molar-refractivity contribution in [2.45, 2.75) is 6.42 Å². The van der Waals surface area contributed by atoms with Crippen molar-refractivity contribution in [3.8, 4) is 16.9 Å². The summed E-state index contributed by atoms with van der Waals surface area (Å²) in [7, 11) is 2.96. The molecule has 0 aromatic heterocycles. The molecule has 0 fully saturated rings. The van der Waals surface area contributed by atoms with Crippen molar-refractivity contribution in [3.05, 3.63) is 48.0 Å². The lowest BCUT2D eigenvalue weighted by Crippen LogP contribution is -2.06. The van der Waals surface area contributed by atoms with Crippen LogP contribution in [0.3, 0.4) is 0 Å². The molecule has 0 aliphatic heterocycles. The summed E-state index contributed by atoms with van der Waals surface area (Å²) in [5.74, 6) is 0.338. The van der Waals surface area contributed by atoms with Crippen LogP contribution in [0, 0.1) is 0 Å². The van der Waals surface area contributed by atoms with Crippen LogP contribution in [0.1, 0.15) is 5.56 Å². The van der Waals surface area contributed by atoms with E-state index in [1.54, 1.807) is 13.2 Å². The number of methoxy groups -OCH3 is 2. The van der Waals surface area contributed by atoms with Crippen LogP contribution in [-0.4, -0.2) is 20.2 Å². The van der Waals surface area contributed by atoms with E-state index in [1.165, 1.54) is 7.11 Å². The second-order valence-corrected chi connectivity index (χ2v) is 4.34. The minimum absolute atomic E-state index is 0.213. The third-order valence-corrected chi connectivity index (χ3v) is 3.12. The smallest absolute Gasteiger partial charge is 0.309 e. The molecule has 0 amide bonds. The molecule has 2 rings (SSSR count). The molecule has 2 aromatic rings. The summed E-state index contributed by atoms with van der Waals surface area (Å²) in [5.41, 5.74) is 9.16. The number of esters is 1. The molecule has 0 saturated carbocycles. The van der Waals surface area contributed by atoms with Crippen molar-refractivity contribution in [1.29, 1.82) is 0 Å². The number of hydrogen-bond donors (Lipinski definition) is 1. The molecular formula is C16H17NO3. The molecule has 0 bridgehead atoms. The van der Waals surface area contributed by atoms with Crippen LogP contribution in [0.2, 0.25) is 0 Å². The van der Waals surface area contributed by atoms with Crippen LogP contribution < -0.4 is 10.5 Å². The van der Waals surface area contributed by atoms with Gasteiger partial charge >= 0.3 is 5.97 Å². The number of ether oxygens (including phenoxy) is 2. The topological polar surface area (TPSA) is 61.5 Å². The molecule has 4 heteroatoms. The first-order valence-corrected chi connectivity index (χ1v) is 6.25. The molecule has 0 heterocycles. The van der Waals surface area contributed by atoms with E-state index in [9.17, 15) is 4.79 Å². The Morgan fingerprint density at radius 2 is 1.75 bits per heavy atom. The van der Waals surface area contributed by atoms with Gasteiger partial charge in [0.2, 0.25) is 0 Å². The van der Waals surface area contributed by atoms with Crippen molar-refractivity contribution in [1.82, 2.24) is 0 Å². The number of anilines is 1. The summed E-state index contributed by atoms with van der Waals surface area (Å²) >= 11 is 0. The van der Waals surface area contributed by atoms with Crippen molar-refractivity contribution in [3.63, 3.8) is 0 Å². The van der Waals surface area contributed by atoms with E-state index in [4.69, 9.17) is 15.2 Å². The summed E-state index contributed by atoms with van der Waals surface area (Å²) in [5, 5.41) is 0. The van der Waals surface area contributed by atoms with E-state index in [0.717, 1.165) is 16.7 Å². The van der Waals surface area contributed by atoms with Gasteiger partial charge in [0.05, 0.1) is 26.3 Å². The fourth-order valence-electron chi connectivity index (χ4n) is 2.16. The lowest BCUT2D eigenvalue weighted by molar-refractivity contribution is -0.139. The van der Waals surface area contributed by atoms with Gasteiger partial charge in [-0.15, -0.1) is 0 Å². The zero-order valence-corrected chi connectivity index (χ0v) is 11.6. The Kier molecular flexibility index (Phi) is 4.25. The van der Waals surface area contributed by atoms with E-state index in [1.807, 2.05) is 36.4 Å². The van der Waals surface area contributed by atoms with Crippen LogP contribution in [-0.2, 0) is 16.0 Å². The van der Waals surface area contributed by atoms with Crippen LogP contribution in [0.15, 0.2) is 42.5 Å². The minimum Gasteiger partial charge on any atom is -0.494 e. The first-order valence-electron chi connectivity index (χ1n) is 6.25. The fourth-order valence-corrected chi connectivity index (χ4v) is 2.16. The highest BCUT2D eigenvalue weighted by atomic mass is 16.5. The highest BCUT2D eigenvalue weighted by Gasteiger charge is 2.14.